The van der Waals surface area contributed by atoms with Crippen LogP contribution >= 0.6 is 11.8 Å². The van der Waals surface area contributed by atoms with E-state index in [2.05, 4.69) is 0 Å². The lowest BCUT2D eigenvalue weighted by molar-refractivity contribution is -0.133. The predicted molar refractivity (Wildman–Crippen MR) is 118 cm³/mol. The molecule has 2 heterocycles. The van der Waals surface area contributed by atoms with Gasteiger partial charge in [-0.1, -0.05) is 23.9 Å². The molecule has 2 aromatic rings. The zero-order valence-corrected chi connectivity index (χ0v) is 18.7. The fourth-order valence-corrected chi connectivity index (χ4v) is 4.95. The van der Waals surface area contributed by atoms with Crippen molar-refractivity contribution in [3.05, 3.63) is 24.3 Å². The van der Waals surface area contributed by atoms with Crippen molar-refractivity contribution < 1.29 is 9.59 Å². The van der Waals surface area contributed by atoms with Crippen molar-refractivity contribution in [2.24, 2.45) is 0 Å². The average Bonchev–Trinajstić information content (AvgIpc) is 3.04. The highest BCUT2D eigenvalue weighted by atomic mass is 32.2. The number of amides is 2. The van der Waals surface area contributed by atoms with E-state index < -0.39 is 0 Å². The van der Waals surface area contributed by atoms with Gasteiger partial charge in [0.15, 0.2) is 5.16 Å². The van der Waals surface area contributed by atoms with Crippen LogP contribution in [0.5, 0.6) is 0 Å². The molecule has 1 aromatic heterocycles. The van der Waals surface area contributed by atoms with Crippen LogP contribution in [0.1, 0.15) is 47.0 Å². The van der Waals surface area contributed by atoms with E-state index in [9.17, 15) is 9.59 Å². The van der Waals surface area contributed by atoms with Gasteiger partial charge in [-0.25, -0.2) is 4.98 Å². The summed E-state index contributed by atoms with van der Waals surface area (Å²) >= 11 is 1.42. The number of para-hydroxylation sites is 2. The second-order valence-corrected chi connectivity index (χ2v) is 9.13. The molecule has 1 fully saturated rings. The van der Waals surface area contributed by atoms with E-state index in [1.165, 1.54) is 18.2 Å². The number of imidazole rings is 1. The summed E-state index contributed by atoms with van der Waals surface area (Å²) in [5.41, 5.74) is 1.80. The number of piperidine rings is 1. The molecule has 1 aliphatic rings. The fourth-order valence-electron chi connectivity index (χ4n) is 4.07. The van der Waals surface area contributed by atoms with Gasteiger partial charge in [0.25, 0.3) is 0 Å². The van der Waals surface area contributed by atoms with Gasteiger partial charge in [0.1, 0.15) is 6.54 Å². The van der Waals surface area contributed by atoms with Crippen LogP contribution in [0.25, 0.3) is 11.0 Å². The molecule has 158 valence electrons. The number of hydrogen-bond acceptors (Lipinski definition) is 4. The Morgan fingerprint density at radius 3 is 2.38 bits per heavy atom. The highest BCUT2D eigenvalue weighted by Crippen LogP contribution is 2.25. The first-order chi connectivity index (χ1) is 13.9. The molecular formula is C22H32N4O2S. The Balaban J connectivity index is 1.79. The van der Waals surface area contributed by atoms with Crippen LogP contribution in [-0.2, 0) is 16.1 Å². The van der Waals surface area contributed by atoms with Gasteiger partial charge < -0.3 is 14.4 Å². The molecule has 0 radical (unpaired) electrons. The summed E-state index contributed by atoms with van der Waals surface area (Å²) in [6.45, 7) is 10.1. The Bertz CT molecular complexity index is 848. The lowest BCUT2D eigenvalue weighted by Gasteiger charge is -2.30. The van der Waals surface area contributed by atoms with E-state index in [1.54, 1.807) is 0 Å². The van der Waals surface area contributed by atoms with Gasteiger partial charge in [-0.15, -0.1) is 0 Å². The molecule has 0 aliphatic carbocycles. The van der Waals surface area contributed by atoms with Crippen LogP contribution in [0, 0.1) is 0 Å². The lowest BCUT2D eigenvalue weighted by atomic mass is 10.1. The number of rotatable bonds is 7. The maximum absolute atomic E-state index is 12.9. The number of hydrogen-bond donors (Lipinski definition) is 0. The normalized spacial score (nSPS) is 14.8. The Morgan fingerprint density at radius 2 is 1.72 bits per heavy atom. The molecular weight excluding hydrogens is 384 g/mol. The second kappa shape index (κ2) is 9.65. The minimum atomic E-state index is 0.0981. The maximum atomic E-state index is 12.9. The van der Waals surface area contributed by atoms with Gasteiger partial charge in [0.05, 0.1) is 16.8 Å². The van der Waals surface area contributed by atoms with Gasteiger partial charge in [-0.05, 0) is 59.1 Å². The summed E-state index contributed by atoms with van der Waals surface area (Å²) in [5, 5.41) is 0.734. The molecule has 3 rings (SSSR count). The molecule has 1 saturated heterocycles. The molecule has 0 atom stereocenters. The number of carbonyl (C=O) groups excluding carboxylic acids is 2. The number of nitrogens with zero attached hydrogens (tertiary/aromatic N) is 4. The summed E-state index contributed by atoms with van der Waals surface area (Å²) in [6, 6.07) is 8.17. The van der Waals surface area contributed by atoms with Gasteiger partial charge in [0.2, 0.25) is 11.8 Å². The zero-order chi connectivity index (χ0) is 21.0. The van der Waals surface area contributed by atoms with Gasteiger partial charge >= 0.3 is 0 Å². The maximum Gasteiger partial charge on any atom is 0.242 e. The third-order valence-electron chi connectivity index (χ3n) is 5.35. The number of aromatic nitrogens is 2. The van der Waals surface area contributed by atoms with Gasteiger partial charge in [0, 0.05) is 25.2 Å². The highest BCUT2D eigenvalue weighted by Gasteiger charge is 2.23. The number of likely N-dealkylation sites (tertiary alicyclic amines) is 1. The first-order valence-corrected chi connectivity index (χ1v) is 11.5. The molecule has 29 heavy (non-hydrogen) atoms. The van der Waals surface area contributed by atoms with Crippen molar-refractivity contribution in [2.45, 2.75) is 70.7 Å². The minimum absolute atomic E-state index is 0.0981. The number of fused-ring (bicyclic) bond motifs is 1. The van der Waals surface area contributed by atoms with Crippen LogP contribution in [-0.4, -0.2) is 62.1 Å². The number of benzene rings is 1. The molecule has 0 spiro atoms. The Morgan fingerprint density at radius 1 is 1.07 bits per heavy atom. The van der Waals surface area contributed by atoms with Crippen molar-refractivity contribution in [1.29, 1.82) is 0 Å². The highest BCUT2D eigenvalue weighted by molar-refractivity contribution is 7.99. The van der Waals surface area contributed by atoms with Crippen LogP contribution < -0.4 is 0 Å². The largest absolute Gasteiger partial charge is 0.341 e. The third kappa shape index (κ3) is 5.13. The Hall–Kier alpha value is -2.02. The molecule has 0 N–H and O–H groups in total. The van der Waals surface area contributed by atoms with Crippen molar-refractivity contribution in [3.8, 4) is 0 Å². The van der Waals surface area contributed by atoms with Crippen molar-refractivity contribution >= 4 is 34.6 Å². The van der Waals surface area contributed by atoms with E-state index in [1.807, 2.05) is 66.3 Å². The molecule has 6 nitrogen and oxygen atoms in total. The third-order valence-corrected chi connectivity index (χ3v) is 6.31. The van der Waals surface area contributed by atoms with E-state index in [-0.39, 0.29) is 30.4 Å². The standard InChI is InChI=1S/C22H32N4O2S/c1-16(2)26(17(3)4)21(28)15-29-22-23-18-10-6-7-11-19(18)25(22)14-20(27)24-12-8-5-9-13-24/h6-7,10-11,16-17H,5,8-9,12-15H2,1-4H3. The summed E-state index contributed by atoms with van der Waals surface area (Å²) in [4.78, 5) is 34.2. The molecule has 1 aromatic carbocycles. The molecule has 2 amide bonds. The summed E-state index contributed by atoms with van der Waals surface area (Å²) in [6.07, 6.45) is 3.35. The molecule has 0 bridgehead atoms. The minimum Gasteiger partial charge on any atom is -0.341 e. The topological polar surface area (TPSA) is 58.4 Å². The summed E-state index contributed by atoms with van der Waals surface area (Å²) in [7, 11) is 0. The quantitative estimate of drug-likeness (QED) is 0.645. The van der Waals surface area contributed by atoms with E-state index >= 15 is 0 Å². The van der Waals surface area contributed by atoms with E-state index in [0.717, 1.165) is 42.1 Å². The average molecular weight is 417 g/mol. The van der Waals surface area contributed by atoms with Crippen molar-refractivity contribution in [3.63, 3.8) is 0 Å². The van der Waals surface area contributed by atoms with Crippen molar-refractivity contribution in [2.75, 3.05) is 18.8 Å². The SMILES string of the molecule is CC(C)N(C(=O)CSc1nc2ccccc2n1CC(=O)N1CCCCC1)C(C)C. The lowest BCUT2D eigenvalue weighted by Crippen LogP contribution is -2.43. The predicted octanol–water partition coefficient (Wildman–Crippen LogP) is 3.79. The molecule has 1 aliphatic heterocycles. The fraction of sp³-hybridized carbons (Fsp3) is 0.591. The van der Waals surface area contributed by atoms with Gasteiger partial charge in [-0.3, -0.25) is 9.59 Å². The molecule has 0 saturated carbocycles. The van der Waals surface area contributed by atoms with Crippen LogP contribution in [0.4, 0.5) is 0 Å². The zero-order valence-electron chi connectivity index (χ0n) is 17.9. The molecule has 0 unspecified atom stereocenters. The first-order valence-electron chi connectivity index (χ1n) is 10.6. The van der Waals surface area contributed by atoms with Crippen LogP contribution in [0.3, 0.4) is 0 Å². The summed E-state index contributed by atoms with van der Waals surface area (Å²) < 4.78 is 1.97. The Labute approximate surface area is 177 Å². The number of carbonyl (C=O) groups is 2. The van der Waals surface area contributed by atoms with E-state index in [4.69, 9.17) is 4.98 Å². The smallest absolute Gasteiger partial charge is 0.242 e. The van der Waals surface area contributed by atoms with Gasteiger partial charge in [-0.2, -0.15) is 0 Å². The summed E-state index contributed by atoms with van der Waals surface area (Å²) in [5.74, 6) is 0.547. The second-order valence-electron chi connectivity index (χ2n) is 8.19. The van der Waals surface area contributed by atoms with Crippen LogP contribution in [0.15, 0.2) is 29.4 Å². The molecule has 7 heteroatoms. The van der Waals surface area contributed by atoms with Crippen molar-refractivity contribution in [1.82, 2.24) is 19.4 Å². The monoisotopic (exact) mass is 416 g/mol. The Kier molecular flexibility index (Phi) is 7.22. The van der Waals surface area contributed by atoms with E-state index in [0.29, 0.717) is 5.75 Å². The number of thioether (sulfide) groups is 1. The van der Waals surface area contributed by atoms with Crippen LogP contribution in [0.2, 0.25) is 0 Å². The first kappa shape index (κ1) is 21.7.